The highest BCUT2D eigenvalue weighted by atomic mass is 16.2. The Bertz CT molecular complexity index is 998. The second kappa shape index (κ2) is 9.28. The predicted octanol–water partition coefficient (Wildman–Crippen LogP) is 2.34. The summed E-state index contributed by atoms with van der Waals surface area (Å²) in [5.41, 5.74) is 3.07. The van der Waals surface area contributed by atoms with Gasteiger partial charge in [0.1, 0.15) is 5.69 Å². The maximum absolute atomic E-state index is 12.4. The van der Waals surface area contributed by atoms with E-state index in [2.05, 4.69) is 27.3 Å². The Labute approximate surface area is 164 Å². The van der Waals surface area contributed by atoms with Crippen LogP contribution in [-0.2, 0) is 17.9 Å². The number of carbonyl (C=O) groups is 1. The van der Waals surface area contributed by atoms with Gasteiger partial charge in [0.2, 0.25) is 5.91 Å². The van der Waals surface area contributed by atoms with Gasteiger partial charge < -0.3 is 14.8 Å². The van der Waals surface area contributed by atoms with Gasteiger partial charge in [-0.2, -0.15) is 0 Å². The number of para-hydroxylation sites is 2. The maximum Gasteiger partial charge on any atom is 0.272 e. The van der Waals surface area contributed by atoms with Gasteiger partial charge in [0.05, 0.1) is 11.0 Å². The van der Waals surface area contributed by atoms with Gasteiger partial charge >= 0.3 is 0 Å². The van der Waals surface area contributed by atoms with E-state index in [4.69, 9.17) is 0 Å². The zero-order valence-electron chi connectivity index (χ0n) is 16.4. The molecule has 0 unspecified atom stereocenters. The second-order valence-corrected chi connectivity index (χ2v) is 6.97. The van der Waals surface area contributed by atoms with E-state index in [-0.39, 0.29) is 17.9 Å². The summed E-state index contributed by atoms with van der Waals surface area (Å²) in [5, 5.41) is 2.94. The van der Waals surface area contributed by atoms with E-state index in [1.54, 1.807) is 11.5 Å². The molecule has 0 radical (unpaired) electrons. The quantitative estimate of drug-likeness (QED) is 0.653. The molecule has 3 aromatic rings. The van der Waals surface area contributed by atoms with E-state index >= 15 is 0 Å². The molecule has 6 heteroatoms. The zero-order chi connectivity index (χ0) is 19.9. The van der Waals surface area contributed by atoms with Crippen molar-refractivity contribution in [1.29, 1.82) is 0 Å². The van der Waals surface area contributed by atoms with Gasteiger partial charge in [-0.05, 0) is 31.7 Å². The molecule has 0 spiro atoms. The van der Waals surface area contributed by atoms with Crippen LogP contribution < -0.4 is 10.9 Å². The Balaban J connectivity index is 1.50. The van der Waals surface area contributed by atoms with Crippen molar-refractivity contribution in [2.45, 2.75) is 26.4 Å². The number of amides is 1. The molecule has 2 aromatic carbocycles. The lowest BCUT2D eigenvalue weighted by molar-refractivity contribution is -0.121. The SMILES string of the molecule is Cc1nc2ccccc2n(CCC(=O)NCCN(C)Cc2ccccc2)c1=O. The molecule has 0 aliphatic carbocycles. The molecule has 0 saturated carbocycles. The van der Waals surface area contributed by atoms with E-state index in [1.807, 2.05) is 49.5 Å². The summed E-state index contributed by atoms with van der Waals surface area (Å²) in [7, 11) is 2.03. The predicted molar refractivity (Wildman–Crippen MR) is 111 cm³/mol. The minimum absolute atomic E-state index is 0.0569. The molecular formula is C22H26N4O2. The molecule has 0 fully saturated rings. The number of nitrogens with one attached hydrogen (secondary N) is 1. The van der Waals surface area contributed by atoms with Crippen LogP contribution in [0.4, 0.5) is 0 Å². The van der Waals surface area contributed by atoms with Crippen LogP contribution in [0.2, 0.25) is 0 Å². The Hall–Kier alpha value is -2.99. The molecule has 0 bridgehead atoms. The Morgan fingerprint density at radius 3 is 2.61 bits per heavy atom. The Kier molecular flexibility index (Phi) is 6.55. The highest BCUT2D eigenvalue weighted by molar-refractivity contribution is 5.77. The van der Waals surface area contributed by atoms with E-state index in [0.29, 0.717) is 18.8 Å². The summed E-state index contributed by atoms with van der Waals surface area (Å²) in [6.07, 6.45) is 0.260. The average molecular weight is 378 g/mol. The van der Waals surface area contributed by atoms with Crippen molar-refractivity contribution >= 4 is 16.9 Å². The van der Waals surface area contributed by atoms with Gasteiger partial charge in [0.25, 0.3) is 5.56 Å². The monoisotopic (exact) mass is 378 g/mol. The fourth-order valence-electron chi connectivity index (χ4n) is 3.20. The molecule has 1 heterocycles. The van der Waals surface area contributed by atoms with Crippen LogP contribution in [0.5, 0.6) is 0 Å². The second-order valence-electron chi connectivity index (χ2n) is 6.97. The molecule has 1 amide bonds. The van der Waals surface area contributed by atoms with Crippen molar-refractivity contribution in [3.05, 3.63) is 76.2 Å². The number of hydrogen-bond acceptors (Lipinski definition) is 4. The standard InChI is InChI=1S/C22H26N4O2/c1-17-22(28)26(20-11-7-6-10-19(20)24-17)14-12-21(27)23-13-15-25(2)16-18-8-4-3-5-9-18/h3-11H,12-16H2,1-2H3,(H,23,27). The van der Waals surface area contributed by atoms with Crippen molar-refractivity contribution in [1.82, 2.24) is 19.8 Å². The molecule has 28 heavy (non-hydrogen) atoms. The third-order valence-corrected chi connectivity index (χ3v) is 4.69. The van der Waals surface area contributed by atoms with Crippen molar-refractivity contribution in [2.75, 3.05) is 20.1 Å². The van der Waals surface area contributed by atoms with Crippen LogP contribution in [-0.4, -0.2) is 40.5 Å². The average Bonchev–Trinajstić information content (AvgIpc) is 2.69. The molecule has 1 aromatic heterocycles. The molecular weight excluding hydrogens is 352 g/mol. The number of fused-ring (bicyclic) bond motifs is 1. The van der Waals surface area contributed by atoms with Crippen molar-refractivity contribution in [3.63, 3.8) is 0 Å². The number of carbonyl (C=O) groups excluding carboxylic acids is 1. The van der Waals surface area contributed by atoms with Gasteiger partial charge in [-0.3, -0.25) is 9.59 Å². The molecule has 6 nitrogen and oxygen atoms in total. The van der Waals surface area contributed by atoms with E-state index in [9.17, 15) is 9.59 Å². The highest BCUT2D eigenvalue weighted by Crippen LogP contribution is 2.10. The summed E-state index contributed by atoms with van der Waals surface area (Å²) >= 11 is 0. The smallest absolute Gasteiger partial charge is 0.272 e. The normalized spacial score (nSPS) is 11.1. The van der Waals surface area contributed by atoms with Crippen LogP contribution >= 0.6 is 0 Å². The van der Waals surface area contributed by atoms with Crippen LogP contribution in [0.15, 0.2) is 59.4 Å². The third-order valence-electron chi connectivity index (χ3n) is 4.69. The number of nitrogens with zero attached hydrogens (tertiary/aromatic N) is 3. The highest BCUT2D eigenvalue weighted by Gasteiger charge is 2.10. The zero-order valence-corrected chi connectivity index (χ0v) is 16.4. The molecule has 0 aliphatic rings. The van der Waals surface area contributed by atoms with Gasteiger partial charge in [0, 0.05) is 32.6 Å². The van der Waals surface area contributed by atoms with Gasteiger partial charge in [-0.25, -0.2) is 4.98 Å². The van der Waals surface area contributed by atoms with Crippen LogP contribution in [0, 0.1) is 6.92 Å². The number of aromatic nitrogens is 2. The van der Waals surface area contributed by atoms with Gasteiger partial charge in [-0.15, -0.1) is 0 Å². The summed E-state index contributed by atoms with van der Waals surface area (Å²) < 4.78 is 1.64. The van der Waals surface area contributed by atoms with Gasteiger partial charge in [0.15, 0.2) is 0 Å². The van der Waals surface area contributed by atoms with Crippen molar-refractivity contribution in [2.24, 2.45) is 0 Å². The molecule has 0 aliphatic heterocycles. The lowest BCUT2D eigenvalue weighted by Gasteiger charge is -2.17. The van der Waals surface area contributed by atoms with Crippen molar-refractivity contribution in [3.8, 4) is 0 Å². The fraction of sp³-hybridized carbons (Fsp3) is 0.318. The largest absolute Gasteiger partial charge is 0.355 e. The number of likely N-dealkylation sites (N-methyl/N-ethyl adjacent to an activating group) is 1. The number of aryl methyl sites for hydroxylation is 2. The fourth-order valence-corrected chi connectivity index (χ4v) is 3.20. The van der Waals surface area contributed by atoms with E-state index in [0.717, 1.165) is 24.1 Å². The number of rotatable bonds is 8. The van der Waals surface area contributed by atoms with E-state index in [1.165, 1.54) is 5.56 Å². The third kappa shape index (κ3) is 5.04. The van der Waals surface area contributed by atoms with E-state index < -0.39 is 0 Å². The first kappa shape index (κ1) is 19.8. The molecule has 3 rings (SSSR count). The first-order chi connectivity index (χ1) is 13.5. The maximum atomic E-state index is 12.4. The molecule has 0 saturated heterocycles. The summed E-state index contributed by atoms with van der Waals surface area (Å²) in [5.74, 6) is -0.0569. The summed E-state index contributed by atoms with van der Waals surface area (Å²) in [6, 6.07) is 17.7. The summed E-state index contributed by atoms with van der Waals surface area (Å²) in [4.78, 5) is 31.2. The number of hydrogen-bond donors (Lipinski definition) is 1. The first-order valence-electron chi connectivity index (χ1n) is 9.50. The summed E-state index contributed by atoms with van der Waals surface area (Å²) in [6.45, 7) is 4.22. The van der Waals surface area contributed by atoms with Gasteiger partial charge in [-0.1, -0.05) is 42.5 Å². The minimum atomic E-state index is -0.144. The number of benzene rings is 2. The molecule has 146 valence electrons. The minimum Gasteiger partial charge on any atom is -0.355 e. The Morgan fingerprint density at radius 2 is 1.82 bits per heavy atom. The Morgan fingerprint density at radius 1 is 1.11 bits per heavy atom. The lowest BCUT2D eigenvalue weighted by Crippen LogP contribution is -2.34. The molecule has 1 N–H and O–H groups in total. The van der Waals surface area contributed by atoms with Crippen LogP contribution in [0.3, 0.4) is 0 Å². The molecule has 0 atom stereocenters. The van der Waals surface area contributed by atoms with Crippen LogP contribution in [0.1, 0.15) is 17.7 Å². The van der Waals surface area contributed by atoms with Crippen molar-refractivity contribution < 1.29 is 4.79 Å². The lowest BCUT2D eigenvalue weighted by atomic mass is 10.2. The first-order valence-corrected chi connectivity index (χ1v) is 9.50. The topological polar surface area (TPSA) is 67.2 Å². The van der Waals surface area contributed by atoms with Crippen LogP contribution in [0.25, 0.3) is 11.0 Å².